The van der Waals surface area contributed by atoms with Crippen LogP contribution in [0.4, 0.5) is 4.79 Å². The number of fused-ring (bicyclic) bond motifs is 1. The summed E-state index contributed by atoms with van der Waals surface area (Å²) in [4.78, 5) is 23.7. The first-order chi connectivity index (χ1) is 14.0. The molecule has 2 atom stereocenters. The minimum atomic E-state index is -0.879. The molecule has 0 bridgehead atoms. The van der Waals surface area contributed by atoms with Crippen LogP contribution in [-0.2, 0) is 11.2 Å². The predicted octanol–water partition coefficient (Wildman–Crippen LogP) is 3.29. The molecule has 0 spiro atoms. The Morgan fingerprint density at radius 3 is 2.76 bits per heavy atom. The van der Waals surface area contributed by atoms with Crippen LogP contribution in [0.15, 0.2) is 48.5 Å². The fraction of sp³-hybridized carbons (Fsp3) is 0.364. The lowest BCUT2D eigenvalue weighted by atomic mass is 10.00. The van der Waals surface area contributed by atoms with Gasteiger partial charge in [0.15, 0.2) is 0 Å². The summed E-state index contributed by atoms with van der Waals surface area (Å²) in [6, 6.07) is 14.4. The Labute approximate surface area is 170 Å². The van der Waals surface area contributed by atoms with E-state index in [2.05, 4.69) is 10.6 Å². The number of hydrogen-bond donors (Lipinski definition) is 3. The Hall–Kier alpha value is -3.22. The molecule has 0 saturated carbocycles. The Kier molecular flexibility index (Phi) is 6.94. The van der Waals surface area contributed by atoms with Crippen molar-refractivity contribution in [3.8, 4) is 11.5 Å². The number of benzene rings is 2. The van der Waals surface area contributed by atoms with Gasteiger partial charge >= 0.3 is 12.0 Å². The molecule has 2 aromatic rings. The molecule has 1 unspecified atom stereocenters. The minimum Gasteiger partial charge on any atom is -0.497 e. The number of urea groups is 1. The first kappa shape index (κ1) is 20.5. The van der Waals surface area contributed by atoms with Crippen molar-refractivity contribution in [3.63, 3.8) is 0 Å². The molecule has 3 rings (SSSR count). The second-order valence-corrected chi connectivity index (χ2v) is 7.03. The van der Waals surface area contributed by atoms with Gasteiger partial charge < -0.3 is 25.2 Å². The van der Waals surface area contributed by atoms with Crippen LogP contribution < -0.4 is 20.1 Å². The number of hydrogen-bond acceptors (Lipinski definition) is 4. The molecule has 1 aliphatic rings. The molecule has 0 aromatic heterocycles. The molecular weight excluding hydrogens is 372 g/mol. The van der Waals surface area contributed by atoms with Crippen LogP contribution in [0.5, 0.6) is 11.5 Å². The van der Waals surface area contributed by atoms with Gasteiger partial charge in [-0.3, -0.25) is 4.79 Å². The highest BCUT2D eigenvalue weighted by Gasteiger charge is 2.25. The van der Waals surface area contributed by atoms with Gasteiger partial charge in [-0.1, -0.05) is 30.3 Å². The lowest BCUT2D eigenvalue weighted by Gasteiger charge is -2.28. The molecule has 3 N–H and O–H groups in total. The van der Waals surface area contributed by atoms with Crippen molar-refractivity contribution in [3.05, 3.63) is 59.7 Å². The van der Waals surface area contributed by atoms with E-state index in [1.807, 2.05) is 48.5 Å². The third-order valence-electron chi connectivity index (χ3n) is 4.93. The van der Waals surface area contributed by atoms with Crippen molar-refractivity contribution >= 4 is 12.0 Å². The molecule has 7 heteroatoms. The van der Waals surface area contributed by atoms with Gasteiger partial charge in [0.2, 0.25) is 0 Å². The van der Waals surface area contributed by atoms with E-state index in [-0.39, 0.29) is 24.5 Å². The van der Waals surface area contributed by atoms with Crippen molar-refractivity contribution < 1.29 is 24.2 Å². The zero-order chi connectivity index (χ0) is 20.6. The maximum absolute atomic E-state index is 12.7. The normalized spacial score (nSPS) is 16.1. The summed E-state index contributed by atoms with van der Waals surface area (Å²) in [6.45, 7) is 0.511. The number of carbonyl (C=O) groups excluding carboxylic acids is 1. The van der Waals surface area contributed by atoms with Crippen LogP contribution in [0, 0.1) is 0 Å². The van der Waals surface area contributed by atoms with E-state index in [9.17, 15) is 9.59 Å². The molecular formula is C22H26N2O5. The van der Waals surface area contributed by atoms with Gasteiger partial charge in [0.05, 0.1) is 19.8 Å². The fourth-order valence-electron chi connectivity index (χ4n) is 3.46. The number of methoxy groups -OCH3 is 1. The number of aliphatic carboxylic acids is 1. The van der Waals surface area contributed by atoms with Gasteiger partial charge in [-0.25, -0.2) is 4.79 Å². The number of carbonyl (C=O) groups is 2. The summed E-state index contributed by atoms with van der Waals surface area (Å²) in [5.74, 6) is 0.551. The molecule has 154 valence electrons. The minimum absolute atomic E-state index is 0.00488. The topological polar surface area (TPSA) is 96.9 Å². The summed E-state index contributed by atoms with van der Waals surface area (Å²) in [5.41, 5.74) is 1.92. The Morgan fingerprint density at radius 1 is 1.24 bits per heavy atom. The number of nitrogens with one attached hydrogen (secondary N) is 2. The highest BCUT2D eigenvalue weighted by Crippen LogP contribution is 2.34. The van der Waals surface area contributed by atoms with Crippen LogP contribution in [0.3, 0.4) is 0 Å². The molecule has 2 amide bonds. The molecule has 7 nitrogen and oxygen atoms in total. The van der Waals surface area contributed by atoms with Crippen molar-refractivity contribution in [2.75, 3.05) is 13.7 Å². The number of amides is 2. The van der Waals surface area contributed by atoms with E-state index in [0.717, 1.165) is 16.9 Å². The first-order valence-electron chi connectivity index (χ1n) is 9.68. The molecule has 0 radical (unpaired) electrons. The maximum Gasteiger partial charge on any atom is 0.315 e. The molecule has 0 aliphatic carbocycles. The molecule has 1 aliphatic heterocycles. The van der Waals surface area contributed by atoms with Crippen LogP contribution in [0.2, 0.25) is 0 Å². The van der Waals surface area contributed by atoms with Crippen LogP contribution in [0.25, 0.3) is 0 Å². The monoisotopic (exact) mass is 398 g/mol. The fourth-order valence-corrected chi connectivity index (χ4v) is 3.46. The second kappa shape index (κ2) is 9.82. The van der Waals surface area contributed by atoms with Gasteiger partial charge in [-0.2, -0.15) is 0 Å². The van der Waals surface area contributed by atoms with E-state index in [1.165, 1.54) is 0 Å². The third kappa shape index (κ3) is 5.88. The van der Waals surface area contributed by atoms with E-state index < -0.39 is 5.97 Å². The molecule has 0 saturated heterocycles. The standard InChI is InChI=1S/C22H26N2O5/c1-28-17-8-9-20-18(14-17)19(11-12-29-20)24-22(27)23-16(7-10-21(25)26)13-15-5-3-2-4-6-15/h2-6,8-9,14,16,19H,7,10-13H2,1H3,(H,25,26)(H2,23,24,27)/t16?,19-/m0/s1. The zero-order valence-corrected chi connectivity index (χ0v) is 16.4. The number of rotatable bonds is 8. The summed E-state index contributed by atoms with van der Waals surface area (Å²) in [7, 11) is 1.59. The van der Waals surface area contributed by atoms with Crippen LogP contribution in [-0.4, -0.2) is 36.9 Å². The van der Waals surface area contributed by atoms with E-state index >= 15 is 0 Å². The maximum atomic E-state index is 12.7. The average Bonchev–Trinajstić information content (AvgIpc) is 2.72. The van der Waals surface area contributed by atoms with Gasteiger partial charge in [0.25, 0.3) is 0 Å². The second-order valence-electron chi connectivity index (χ2n) is 7.03. The van der Waals surface area contributed by atoms with Crippen molar-refractivity contribution in [1.82, 2.24) is 10.6 Å². The van der Waals surface area contributed by atoms with Gasteiger partial charge in [0, 0.05) is 24.4 Å². The lowest BCUT2D eigenvalue weighted by molar-refractivity contribution is -0.137. The van der Waals surface area contributed by atoms with Crippen LogP contribution >= 0.6 is 0 Å². The largest absolute Gasteiger partial charge is 0.497 e. The van der Waals surface area contributed by atoms with E-state index in [4.69, 9.17) is 14.6 Å². The molecule has 0 fully saturated rings. The molecule has 1 heterocycles. The number of carboxylic acid groups (broad SMARTS) is 1. The molecule has 29 heavy (non-hydrogen) atoms. The van der Waals surface area contributed by atoms with Crippen LogP contribution in [0.1, 0.15) is 36.4 Å². The number of carboxylic acids is 1. The van der Waals surface area contributed by atoms with Gasteiger partial charge in [-0.15, -0.1) is 0 Å². The van der Waals surface area contributed by atoms with Gasteiger partial charge in [-0.05, 0) is 36.6 Å². The first-order valence-corrected chi connectivity index (χ1v) is 9.68. The van der Waals surface area contributed by atoms with E-state index in [1.54, 1.807) is 7.11 Å². The molecule has 2 aromatic carbocycles. The average molecular weight is 398 g/mol. The number of ether oxygens (including phenoxy) is 2. The van der Waals surface area contributed by atoms with E-state index in [0.29, 0.717) is 31.6 Å². The Balaban J connectivity index is 1.66. The highest BCUT2D eigenvalue weighted by atomic mass is 16.5. The Bertz CT molecular complexity index is 840. The zero-order valence-electron chi connectivity index (χ0n) is 16.4. The highest BCUT2D eigenvalue weighted by molar-refractivity contribution is 5.75. The summed E-state index contributed by atoms with van der Waals surface area (Å²) >= 11 is 0. The SMILES string of the molecule is COc1ccc2c(c1)[C@@H](NC(=O)NC(CCC(=O)O)Cc1ccccc1)CCO2. The summed E-state index contributed by atoms with van der Waals surface area (Å²) in [6.07, 6.45) is 1.57. The predicted molar refractivity (Wildman–Crippen MR) is 108 cm³/mol. The smallest absolute Gasteiger partial charge is 0.315 e. The van der Waals surface area contributed by atoms with Crippen molar-refractivity contribution in [1.29, 1.82) is 0 Å². The lowest BCUT2D eigenvalue weighted by Crippen LogP contribution is -2.45. The summed E-state index contributed by atoms with van der Waals surface area (Å²) in [5, 5.41) is 15.0. The third-order valence-corrected chi connectivity index (χ3v) is 4.93. The Morgan fingerprint density at radius 2 is 2.03 bits per heavy atom. The van der Waals surface area contributed by atoms with Crippen molar-refractivity contribution in [2.45, 2.75) is 37.8 Å². The quantitative estimate of drug-likeness (QED) is 0.634. The van der Waals surface area contributed by atoms with Gasteiger partial charge in [0.1, 0.15) is 11.5 Å². The van der Waals surface area contributed by atoms with Crippen molar-refractivity contribution in [2.24, 2.45) is 0 Å². The summed E-state index contributed by atoms with van der Waals surface area (Å²) < 4.78 is 10.9.